The van der Waals surface area contributed by atoms with Crippen LogP contribution in [0, 0.1) is 0 Å². The second-order valence-electron chi connectivity index (χ2n) is 16.7. The molecule has 0 fully saturated rings. The van der Waals surface area contributed by atoms with Crippen LogP contribution >= 0.6 is 0 Å². The summed E-state index contributed by atoms with van der Waals surface area (Å²) in [6.07, 6.45) is 0. The minimum absolute atomic E-state index is 0.0100. The summed E-state index contributed by atoms with van der Waals surface area (Å²) in [4.78, 5) is 32.6. The van der Waals surface area contributed by atoms with Crippen LogP contribution in [0.1, 0.15) is 62.5 Å². The lowest BCUT2D eigenvalue weighted by Crippen LogP contribution is -2.44. The van der Waals surface area contributed by atoms with Gasteiger partial charge in [0.1, 0.15) is 45.6 Å². The van der Waals surface area contributed by atoms with E-state index in [2.05, 4.69) is 44.9 Å². The largest absolute Gasteiger partial charge is 0.508 e. The maximum atomic E-state index is 14.7. The van der Waals surface area contributed by atoms with Crippen LogP contribution in [0.3, 0.4) is 0 Å². The Kier molecular flexibility index (Phi) is 9.45. The monoisotopic (exact) mass is 878 g/mol. The quantitative estimate of drug-likeness (QED) is 0.164. The Hall–Kier alpha value is -8.90. The summed E-state index contributed by atoms with van der Waals surface area (Å²) in [6.45, 7) is 0.205. The van der Waals surface area contributed by atoms with Gasteiger partial charge in [-0.05, 0) is 90.4 Å². The standard InChI is InChI=1S/C28H19N3O3.C27H19N3O3/c32-27-28(17-33-23-16-15-21-25(24(23)28)30-34-29-21)20-13-7-8-14-22(20)31(27)26(18-9-3-1-4-10-18)19-11-5-2-6-12-19;31-22-16-15-20-25(29-33-28-20)24(22)23-19-13-7-8-14-21(19)30(27(23)32)26(17-9-3-1-4-10-17)18-11-5-2-6-12-18/h1-16,26H,17H2;1-16,23,26,31H. The number of nitrogens with zero attached hydrogens (tertiary/aromatic N) is 6. The van der Waals surface area contributed by atoms with E-state index in [1.807, 2.05) is 168 Å². The first-order valence-corrected chi connectivity index (χ1v) is 21.9. The van der Waals surface area contributed by atoms with Crippen molar-refractivity contribution in [2.75, 3.05) is 16.4 Å². The number of ether oxygens (including phenoxy) is 1. The Morgan fingerprint density at radius 1 is 0.522 bits per heavy atom. The molecule has 2 aromatic heterocycles. The van der Waals surface area contributed by atoms with Gasteiger partial charge in [-0.3, -0.25) is 19.4 Å². The Bertz CT molecular complexity index is 3400. The van der Waals surface area contributed by atoms with Crippen molar-refractivity contribution in [3.63, 3.8) is 0 Å². The van der Waals surface area contributed by atoms with Crippen LogP contribution in [0.25, 0.3) is 22.1 Å². The Morgan fingerprint density at radius 2 is 1.01 bits per heavy atom. The number of aromatic hydroxyl groups is 1. The molecule has 13 rings (SSSR count). The van der Waals surface area contributed by atoms with E-state index in [4.69, 9.17) is 14.0 Å². The molecule has 1 N–H and O–H groups in total. The van der Waals surface area contributed by atoms with Gasteiger partial charge < -0.3 is 9.84 Å². The van der Waals surface area contributed by atoms with E-state index in [0.717, 1.165) is 50.3 Å². The first-order chi connectivity index (χ1) is 33.0. The van der Waals surface area contributed by atoms with Gasteiger partial charge in [-0.15, -0.1) is 0 Å². The molecule has 0 bridgehead atoms. The van der Waals surface area contributed by atoms with E-state index in [-0.39, 0.29) is 36.3 Å². The van der Waals surface area contributed by atoms with Gasteiger partial charge in [0.05, 0.1) is 18.0 Å². The Morgan fingerprint density at radius 3 is 1.63 bits per heavy atom. The molecule has 8 aromatic carbocycles. The fourth-order valence-corrected chi connectivity index (χ4v) is 10.3. The molecule has 1 spiro atoms. The summed E-state index contributed by atoms with van der Waals surface area (Å²) in [5, 5.41) is 26.9. The highest BCUT2D eigenvalue weighted by molar-refractivity contribution is 6.14. The number of para-hydroxylation sites is 2. The summed E-state index contributed by atoms with van der Waals surface area (Å²) in [5.74, 6) is -0.277. The molecule has 3 aliphatic rings. The highest BCUT2D eigenvalue weighted by Gasteiger charge is 2.59. The average molecular weight is 879 g/mol. The summed E-state index contributed by atoms with van der Waals surface area (Å²) < 4.78 is 16.1. The van der Waals surface area contributed by atoms with Gasteiger partial charge in [-0.25, -0.2) is 9.26 Å². The van der Waals surface area contributed by atoms with Gasteiger partial charge in [-0.2, -0.15) is 0 Å². The first kappa shape index (κ1) is 39.7. The minimum atomic E-state index is -1.02. The van der Waals surface area contributed by atoms with Crippen molar-refractivity contribution < 1.29 is 28.7 Å². The van der Waals surface area contributed by atoms with Crippen molar-refractivity contribution in [3.05, 3.63) is 239 Å². The SMILES string of the molecule is O=C1C(c2c(O)ccc3nonc23)c2ccccc2N1C(c1ccccc1)c1ccccc1.O=C1N(C(c2ccccc2)c2ccccc2)c2ccccc2C12COc1ccc3nonc3c12. The van der Waals surface area contributed by atoms with E-state index in [1.165, 1.54) is 6.07 Å². The van der Waals surface area contributed by atoms with Crippen molar-refractivity contribution in [2.24, 2.45) is 0 Å². The predicted molar refractivity (Wildman–Crippen MR) is 251 cm³/mol. The maximum Gasteiger partial charge on any atom is 0.246 e. The van der Waals surface area contributed by atoms with E-state index in [1.54, 1.807) is 6.07 Å². The lowest BCUT2D eigenvalue weighted by Gasteiger charge is -2.31. The lowest BCUT2D eigenvalue weighted by atomic mass is 9.76. The van der Waals surface area contributed by atoms with Gasteiger partial charge in [0.25, 0.3) is 0 Å². The van der Waals surface area contributed by atoms with Crippen LogP contribution in [0.5, 0.6) is 11.5 Å². The molecule has 12 nitrogen and oxygen atoms in total. The average Bonchev–Trinajstić information content (AvgIpc) is 4.23. The molecule has 0 saturated heterocycles. The van der Waals surface area contributed by atoms with Gasteiger partial charge in [0.2, 0.25) is 11.8 Å². The third-order valence-corrected chi connectivity index (χ3v) is 13.2. The summed E-state index contributed by atoms with van der Waals surface area (Å²) in [7, 11) is 0. The number of hydrogen-bond acceptors (Lipinski definition) is 10. The van der Waals surface area contributed by atoms with E-state index in [9.17, 15) is 14.7 Å². The third-order valence-electron chi connectivity index (χ3n) is 13.2. The molecule has 10 aromatic rings. The number of amides is 2. The van der Waals surface area contributed by atoms with Gasteiger partial charge in [0.15, 0.2) is 0 Å². The zero-order chi connectivity index (χ0) is 45.1. The molecule has 324 valence electrons. The van der Waals surface area contributed by atoms with Crippen molar-refractivity contribution >= 4 is 45.3 Å². The number of benzene rings is 8. The van der Waals surface area contributed by atoms with Crippen molar-refractivity contribution in [3.8, 4) is 11.5 Å². The molecule has 2 unspecified atom stereocenters. The smallest absolute Gasteiger partial charge is 0.246 e. The second-order valence-corrected chi connectivity index (χ2v) is 16.7. The molecule has 2 amide bonds. The number of hydrogen-bond donors (Lipinski definition) is 1. The van der Waals surface area contributed by atoms with Crippen LogP contribution in [0.4, 0.5) is 11.4 Å². The predicted octanol–water partition coefficient (Wildman–Crippen LogP) is 10.2. The van der Waals surface area contributed by atoms with Crippen molar-refractivity contribution in [1.82, 2.24) is 20.6 Å². The lowest BCUT2D eigenvalue weighted by molar-refractivity contribution is -0.122. The first-order valence-electron chi connectivity index (χ1n) is 21.9. The summed E-state index contributed by atoms with van der Waals surface area (Å²) in [6, 6.07) is 62.1. The highest BCUT2D eigenvalue weighted by Crippen LogP contribution is 2.56. The summed E-state index contributed by atoms with van der Waals surface area (Å²) in [5.41, 5.74) is 9.64. The third kappa shape index (κ3) is 6.21. The van der Waals surface area contributed by atoms with Crippen molar-refractivity contribution in [2.45, 2.75) is 23.4 Å². The normalized spacial score (nSPS) is 17.0. The number of aromatic nitrogens is 4. The van der Waals surface area contributed by atoms with E-state index >= 15 is 0 Å². The van der Waals surface area contributed by atoms with Gasteiger partial charge >= 0.3 is 0 Å². The molecule has 0 aliphatic carbocycles. The van der Waals surface area contributed by atoms with Crippen LogP contribution in [0.15, 0.2) is 203 Å². The molecule has 0 saturated carbocycles. The Labute approximate surface area is 383 Å². The van der Waals surface area contributed by atoms with Crippen LogP contribution < -0.4 is 14.5 Å². The summed E-state index contributed by atoms with van der Waals surface area (Å²) >= 11 is 0. The molecular formula is C55H38N6O6. The molecular weight excluding hydrogens is 841 g/mol. The Balaban J connectivity index is 0.000000140. The fraction of sp³-hybridized carbons (Fsp3) is 0.0909. The number of carbonyl (C=O) groups excluding carboxylic acids is 2. The van der Waals surface area contributed by atoms with E-state index < -0.39 is 11.3 Å². The zero-order valence-electron chi connectivity index (χ0n) is 35.6. The number of rotatable bonds is 7. The minimum Gasteiger partial charge on any atom is -0.508 e. The molecule has 67 heavy (non-hydrogen) atoms. The van der Waals surface area contributed by atoms with Gasteiger partial charge in [-0.1, -0.05) is 158 Å². The van der Waals surface area contributed by atoms with Gasteiger partial charge in [0, 0.05) is 22.5 Å². The molecule has 2 atom stereocenters. The van der Waals surface area contributed by atoms with Crippen LogP contribution in [0.2, 0.25) is 0 Å². The second kappa shape index (κ2) is 16.0. The zero-order valence-corrected chi connectivity index (χ0v) is 35.6. The van der Waals surface area contributed by atoms with E-state index in [0.29, 0.717) is 33.4 Å². The molecule has 0 radical (unpaired) electrons. The number of anilines is 2. The van der Waals surface area contributed by atoms with Crippen molar-refractivity contribution in [1.29, 1.82) is 0 Å². The molecule has 3 aliphatic heterocycles. The van der Waals surface area contributed by atoms with Crippen LogP contribution in [-0.2, 0) is 15.0 Å². The maximum absolute atomic E-state index is 14.7. The highest BCUT2D eigenvalue weighted by atomic mass is 16.6. The fourth-order valence-electron chi connectivity index (χ4n) is 10.3. The number of fused-ring (bicyclic) bond motifs is 8. The number of phenolic OH excluding ortho intramolecular Hbond substituents is 1. The van der Waals surface area contributed by atoms with Crippen LogP contribution in [-0.4, -0.2) is 44.2 Å². The number of phenols is 1. The molecule has 5 heterocycles. The molecule has 12 heteroatoms. The topological polar surface area (TPSA) is 148 Å². The number of carbonyl (C=O) groups is 2.